The van der Waals surface area contributed by atoms with Crippen LogP contribution in [0.5, 0.6) is 0 Å². The Kier molecular flexibility index (Phi) is 6.52. The van der Waals surface area contributed by atoms with Crippen LogP contribution in [-0.2, 0) is 9.59 Å². The minimum atomic E-state index is -0.790. The van der Waals surface area contributed by atoms with Crippen molar-refractivity contribution in [2.45, 2.75) is 26.2 Å². The van der Waals surface area contributed by atoms with Gasteiger partial charge < -0.3 is 16.2 Å². The molecule has 1 aliphatic heterocycles. The highest BCUT2D eigenvalue weighted by atomic mass is 16.4. The monoisotopic (exact) mass is 346 g/mol. The molecule has 7 heteroatoms. The Balaban J connectivity index is 1.78. The van der Waals surface area contributed by atoms with Crippen LogP contribution in [0.3, 0.4) is 0 Å². The van der Waals surface area contributed by atoms with E-state index in [1.54, 1.807) is 24.3 Å². The number of carbonyl (C=O) groups excluding carboxylic acids is 1. The van der Waals surface area contributed by atoms with Crippen molar-refractivity contribution < 1.29 is 14.7 Å². The number of carboxylic acids is 1. The number of amides is 1. The molecule has 0 bridgehead atoms. The van der Waals surface area contributed by atoms with Gasteiger partial charge in [-0.3, -0.25) is 19.9 Å². The molecule has 1 atom stereocenters. The average Bonchev–Trinajstić information content (AvgIpc) is 2.56. The third-order valence-corrected chi connectivity index (χ3v) is 4.66. The SMILES string of the molecule is CC(CC1CCN(CC(=O)O)CC1)C(=O)Nc1ccc(C(=N)N)cc1. The molecular weight excluding hydrogens is 320 g/mol. The maximum absolute atomic E-state index is 12.3. The van der Waals surface area contributed by atoms with Gasteiger partial charge in [0.1, 0.15) is 5.84 Å². The first-order valence-corrected chi connectivity index (χ1v) is 8.54. The molecule has 1 unspecified atom stereocenters. The Labute approximate surface area is 147 Å². The Morgan fingerprint density at radius 1 is 1.32 bits per heavy atom. The molecule has 2 rings (SSSR count). The Bertz CT molecular complexity index is 622. The number of piperidine rings is 1. The third-order valence-electron chi connectivity index (χ3n) is 4.66. The highest BCUT2D eigenvalue weighted by molar-refractivity contribution is 5.96. The molecule has 1 heterocycles. The van der Waals surface area contributed by atoms with Gasteiger partial charge in [0, 0.05) is 17.2 Å². The summed E-state index contributed by atoms with van der Waals surface area (Å²) in [4.78, 5) is 25.0. The van der Waals surface area contributed by atoms with Gasteiger partial charge in [-0.15, -0.1) is 0 Å². The number of aliphatic carboxylic acids is 1. The van der Waals surface area contributed by atoms with Gasteiger partial charge in [-0.25, -0.2) is 0 Å². The van der Waals surface area contributed by atoms with Crippen molar-refractivity contribution in [1.29, 1.82) is 5.41 Å². The number of likely N-dealkylation sites (tertiary alicyclic amines) is 1. The quantitative estimate of drug-likeness (QED) is 0.443. The first-order valence-electron chi connectivity index (χ1n) is 8.54. The summed E-state index contributed by atoms with van der Waals surface area (Å²) in [6.07, 6.45) is 2.66. The van der Waals surface area contributed by atoms with E-state index < -0.39 is 5.97 Å². The predicted octanol–water partition coefficient (Wildman–Crippen LogP) is 1.73. The number of nitrogens with one attached hydrogen (secondary N) is 2. The average molecular weight is 346 g/mol. The van der Waals surface area contributed by atoms with E-state index >= 15 is 0 Å². The van der Waals surface area contributed by atoms with E-state index in [2.05, 4.69) is 5.32 Å². The molecule has 5 N–H and O–H groups in total. The molecule has 0 aromatic heterocycles. The summed E-state index contributed by atoms with van der Waals surface area (Å²) >= 11 is 0. The van der Waals surface area contributed by atoms with Gasteiger partial charge in [0.25, 0.3) is 0 Å². The predicted molar refractivity (Wildman–Crippen MR) is 96.7 cm³/mol. The number of benzene rings is 1. The van der Waals surface area contributed by atoms with E-state index in [1.807, 2.05) is 11.8 Å². The van der Waals surface area contributed by atoms with Crippen LogP contribution in [0, 0.1) is 17.2 Å². The van der Waals surface area contributed by atoms with Crippen LogP contribution in [-0.4, -0.2) is 47.4 Å². The fraction of sp³-hybridized carbons (Fsp3) is 0.500. The van der Waals surface area contributed by atoms with Gasteiger partial charge in [0.15, 0.2) is 0 Å². The first-order chi connectivity index (χ1) is 11.8. The number of carbonyl (C=O) groups is 2. The van der Waals surface area contributed by atoms with E-state index in [0.29, 0.717) is 17.2 Å². The lowest BCUT2D eigenvalue weighted by Gasteiger charge is -2.31. The number of nitrogens with zero attached hydrogens (tertiary/aromatic N) is 1. The molecule has 1 aromatic carbocycles. The largest absolute Gasteiger partial charge is 0.480 e. The molecule has 25 heavy (non-hydrogen) atoms. The molecule has 7 nitrogen and oxygen atoms in total. The second kappa shape index (κ2) is 8.62. The molecule has 136 valence electrons. The molecule has 1 saturated heterocycles. The normalized spacial score (nSPS) is 17.0. The summed E-state index contributed by atoms with van der Waals surface area (Å²) in [5.74, 6) is -0.472. The highest BCUT2D eigenvalue weighted by Gasteiger charge is 2.24. The Morgan fingerprint density at radius 2 is 1.92 bits per heavy atom. The molecule has 0 aliphatic carbocycles. The topological polar surface area (TPSA) is 120 Å². The van der Waals surface area contributed by atoms with Gasteiger partial charge in [-0.2, -0.15) is 0 Å². The molecule has 1 aromatic rings. The molecule has 1 amide bonds. The zero-order valence-corrected chi connectivity index (χ0v) is 14.5. The summed E-state index contributed by atoms with van der Waals surface area (Å²) < 4.78 is 0. The van der Waals surface area contributed by atoms with Crippen molar-refractivity contribution in [3.05, 3.63) is 29.8 Å². The van der Waals surface area contributed by atoms with Gasteiger partial charge >= 0.3 is 5.97 Å². The molecule has 0 spiro atoms. The molecule has 0 radical (unpaired) electrons. The van der Waals surface area contributed by atoms with Gasteiger partial charge in [-0.1, -0.05) is 6.92 Å². The van der Waals surface area contributed by atoms with E-state index in [9.17, 15) is 9.59 Å². The molecule has 1 aliphatic rings. The maximum Gasteiger partial charge on any atom is 0.317 e. The van der Waals surface area contributed by atoms with Crippen molar-refractivity contribution in [2.75, 3.05) is 25.0 Å². The molecular formula is C18H26N4O3. The first kappa shape index (κ1) is 18.9. The smallest absolute Gasteiger partial charge is 0.317 e. The van der Waals surface area contributed by atoms with Crippen LogP contribution in [0.2, 0.25) is 0 Å². The summed E-state index contributed by atoms with van der Waals surface area (Å²) in [5.41, 5.74) is 6.73. The van der Waals surface area contributed by atoms with Crippen molar-refractivity contribution in [3.63, 3.8) is 0 Å². The van der Waals surface area contributed by atoms with E-state index in [1.165, 1.54) is 0 Å². The minimum Gasteiger partial charge on any atom is -0.480 e. The van der Waals surface area contributed by atoms with Gasteiger partial charge in [-0.05, 0) is 62.5 Å². The number of hydrogen-bond donors (Lipinski definition) is 4. The molecule has 0 saturated carbocycles. The number of nitrogens with two attached hydrogens (primary N) is 1. The number of carboxylic acid groups (broad SMARTS) is 1. The zero-order chi connectivity index (χ0) is 18.4. The van der Waals surface area contributed by atoms with Crippen molar-refractivity contribution in [1.82, 2.24) is 4.90 Å². The number of amidine groups is 1. The van der Waals surface area contributed by atoms with Crippen LogP contribution in [0.25, 0.3) is 0 Å². The second-order valence-electron chi connectivity index (χ2n) is 6.73. The standard InChI is InChI=1S/C18H26N4O3/c1-12(10-13-6-8-22(9-7-13)11-16(23)24)18(25)21-15-4-2-14(3-5-15)17(19)20/h2-5,12-13H,6-11H2,1H3,(H3,19,20)(H,21,25)(H,23,24). The number of nitrogen functional groups attached to an aromatic ring is 1. The summed E-state index contributed by atoms with van der Waals surface area (Å²) in [6, 6.07) is 6.90. The summed E-state index contributed by atoms with van der Waals surface area (Å²) in [5, 5.41) is 19.1. The van der Waals surface area contributed by atoms with E-state index in [-0.39, 0.29) is 24.2 Å². The van der Waals surface area contributed by atoms with Crippen LogP contribution >= 0.6 is 0 Å². The second-order valence-corrected chi connectivity index (χ2v) is 6.73. The highest BCUT2D eigenvalue weighted by Crippen LogP contribution is 2.25. The van der Waals surface area contributed by atoms with Crippen LogP contribution in [0.15, 0.2) is 24.3 Å². The van der Waals surface area contributed by atoms with Crippen molar-refractivity contribution in [3.8, 4) is 0 Å². The van der Waals surface area contributed by atoms with Crippen molar-refractivity contribution in [2.24, 2.45) is 17.6 Å². The molecule has 1 fully saturated rings. The van der Waals surface area contributed by atoms with Crippen LogP contribution in [0.1, 0.15) is 31.7 Å². The van der Waals surface area contributed by atoms with E-state index in [4.69, 9.17) is 16.2 Å². The zero-order valence-electron chi connectivity index (χ0n) is 14.5. The summed E-state index contributed by atoms with van der Waals surface area (Å²) in [7, 11) is 0. The van der Waals surface area contributed by atoms with Gasteiger partial charge in [0.05, 0.1) is 6.54 Å². The summed E-state index contributed by atoms with van der Waals surface area (Å²) in [6.45, 7) is 3.57. The van der Waals surface area contributed by atoms with Crippen LogP contribution < -0.4 is 11.1 Å². The van der Waals surface area contributed by atoms with Crippen LogP contribution in [0.4, 0.5) is 5.69 Å². The van der Waals surface area contributed by atoms with Gasteiger partial charge in [0.2, 0.25) is 5.91 Å². The maximum atomic E-state index is 12.3. The number of anilines is 1. The fourth-order valence-electron chi connectivity index (χ4n) is 3.18. The Morgan fingerprint density at radius 3 is 2.44 bits per heavy atom. The lowest BCUT2D eigenvalue weighted by atomic mass is 9.87. The third kappa shape index (κ3) is 5.86. The van der Waals surface area contributed by atoms with Crippen molar-refractivity contribution >= 4 is 23.4 Å². The fourth-order valence-corrected chi connectivity index (χ4v) is 3.18. The lowest BCUT2D eigenvalue weighted by Crippen LogP contribution is -2.38. The Hall–Kier alpha value is -2.41. The number of rotatable bonds is 7. The van der Waals surface area contributed by atoms with E-state index in [0.717, 1.165) is 32.4 Å². The number of hydrogen-bond acceptors (Lipinski definition) is 4. The lowest BCUT2D eigenvalue weighted by molar-refractivity contribution is -0.138. The minimum absolute atomic E-state index is 0.000449.